The van der Waals surface area contributed by atoms with Crippen LogP contribution in [0.3, 0.4) is 0 Å². The number of rotatable bonds is 11. The van der Waals surface area contributed by atoms with E-state index in [1.165, 1.54) is 85.5 Å². The van der Waals surface area contributed by atoms with Crippen LogP contribution in [0.2, 0.25) is 0 Å². The summed E-state index contributed by atoms with van der Waals surface area (Å²) >= 11 is 0. The fraction of sp³-hybridized carbons (Fsp3) is 0.588. The zero-order valence-corrected chi connectivity index (χ0v) is 24.3. The lowest BCUT2D eigenvalue weighted by atomic mass is 9.58. The number of carbonyl (C=O) groups excluding carboxylic acids is 1. The standard InChI is InChI=1S/C34H47N3O2/c1-4-29-25-20-24(2)22-34(29,33(38)39-3)23-26(21-25)35-18-12-6-5-7-13-19-36-32-27-14-8-10-16-30(27)37-31-17-11-9-15-28(31)32/h4,8,10,14,16,20,25-26,35H,5-7,9,11-13,15,17-19,21-23H2,1-3H3,(H,36,37)/b29-4+/t25?,26-,34?/m0/s1. The molecule has 3 atom stereocenters. The van der Waals surface area contributed by atoms with Crippen molar-refractivity contribution in [2.45, 2.75) is 96.9 Å². The SMILES string of the molecule is C/C=C1\C2C=C(C)CC1(C(=O)OC)C[C@@H](NCCCCCCCNc1c3c(nc4ccccc14)CCCC3)C2. The van der Waals surface area contributed by atoms with Crippen molar-refractivity contribution in [2.75, 3.05) is 25.5 Å². The van der Waals surface area contributed by atoms with Crippen LogP contribution in [0.25, 0.3) is 10.9 Å². The largest absolute Gasteiger partial charge is 0.468 e. The first kappa shape index (κ1) is 27.9. The van der Waals surface area contributed by atoms with Crippen LogP contribution in [0.1, 0.15) is 89.3 Å². The molecule has 39 heavy (non-hydrogen) atoms. The minimum Gasteiger partial charge on any atom is -0.468 e. The quantitative estimate of drug-likeness (QED) is 0.182. The maximum Gasteiger partial charge on any atom is 0.316 e. The first-order chi connectivity index (χ1) is 19.1. The minimum atomic E-state index is -0.477. The van der Waals surface area contributed by atoms with Gasteiger partial charge in [-0.1, -0.05) is 55.2 Å². The molecule has 1 aromatic carbocycles. The monoisotopic (exact) mass is 529 g/mol. The van der Waals surface area contributed by atoms with E-state index in [0.29, 0.717) is 12.0 Å². The van der Waals surface area contributed by atoms with Crippen LogP contribution in [0.5, 0.6) is 0 Å². The molecule has 3 aliphatic carbocycles. The Kier molecular flexibility index (Phi) is 9.06. The molecule has 210 valence electrons. The molecule has 1 fully saturated rings. The molecular formula is C34H47N3O2. The number of allylic oxidation sites excluding steroid dienone is 3. The number of para-hydroxylation sites is 1. The van der Waals surface area contributed by atoms with Gasteiger partial charge in [-0.2, -0.15) is 0 Å². The number of hydrogen-bond acceptors (Lipinski definition) is 5. The second-order valence-corrected chi connectivity index (χ2v) is 12.0. The predicted molar refractivity (Wildman–Crippen MR) is 161 cm³/mol. The number of methoxy groups -OCH3 is 1. The van der Waals surface area contributed by atoms with E-state index in [9.17, 15) is 4.79 Å². The first-order valence-corrected chi connectivity index (χ1v) is 15.4. The average molecular weight is 530 g/mol. The summed E-state index contributed by atoms with van der Waals surface area (Å²) in [4.78, 5) is 17.9. The molecule has 0 spiro atoms. The number of pyridine rings is 1. The van der Waals surface area contributed by atoms with Crippen LogP contribution < -0.4 is 10.6 Å². The van der Waals surface area contributed by atoms with Gasteiger partial charge in [0.2, 0.25) is 0 Å². The lowest BCUT2D eigenvalue weighted by Crippen LogP contribution is -2.50. The molecule has 0 saturated heterocycles. The third-order valence-electron chi connectivity index (χ3n) is 9.30. The number of aromatic nitrogens is 1. The Bertz CT molecular complexity index is 1230. The van der Waals surface area contributed by atoms with E-state index in [0.717, 1.165) is 50.7 Å². The van der Waals surface area contributed by atoms with Crippen molar-refractivity contribution in [2.24, 2.45) is 11.3 Å². The van der Waals surface area contributed by atoms with Gasteiger partial charge in [-0.25, -0.2) is 0 Å². The van der Waals surface area contributed by atoms with E-state index in [-0.39, 0.29) is 5.97 Å². The number of nitrogens with one attached hydrogen (secondary N) is 2. The number of aryl methyl sites for hydroxylation is 1. The Labute approximate surface area is 234 Å². The Morgan fingerprint density at radius 3 is 2.69 bits per heavy atom. The maximum absolute atomic E-state index is 13.0. The van der Waals surface area contributed by atoms with Gasteiger partial charge < -0.3 is 15.4 Å². The highest BCUT2D eigenvalue weighted by atomic mass is 16.5. The number of hydrogen-bond donors (Lipinski definition) is 2. The summed E-state index contributed by atoms with van der Waals surface area (Å²) in [7, 11) is 1.53. The number of ether oxygens (including phenoxy) is 1. The third kappa shape index (κ3) is 5.94. The molecular weight excluding hydrogens is 482 g/mol. The summed E-state index contributed by atoms with van der Waals surface area (Å²) in [6.45, 7) is 6.28. The third-order valence-corrected chi connectivity index (χ3v) is 9.30. The Balaban J connectivity index is 1.04. The van der Waals surface area contributed by atoms with Crippen LogP contribution >= 0.6 is 0 Å². The second-order valence-electron chi connectivity index (χ2n) is 12.0. The lowest BCUT2D eigenvalue weighted by Gasteiger charge is -2.47. The average Bonchev–Trinajstić information content (AvgIpc) is 2.94. The normalized spacial score (nSPS) is 25.3. The summed E-state index contributed by atoms with van der Waals surface area (Å²) in [5.74, 6) is 0.290. The van der Waals surface area contributed by atoms with Crippen LogP contribution in [0.15, 0.2) is 47.6 Å². The molecule has 2 bridgehead atoms. The Morgan fingerprint density at radius 1 is 1.10 bits per heavy atom. The molecule has 5 heteroatoms. The maximum atomic E-state index is 13.0. The Morgan fingerprint density at radius 2 is 1.87 bits per heavy atom. The summed E-state index contributed by atoms with van der Waals surface area (Å²) in [5, 5.41) is 8.89. The smallest absolute Gasteiger partial charge is 0.316 e. The second kappa shape index (κ2) is 12.7. The Hall–Kier alpha value is -2.66. The molecule has 0 aliphatic heterocycles. The number of unbranched alkanes of at least 4 members (excludes halogenated alkanes) is 4. The van der Waals surface area contributed by atoms with Crippen LogP contribution in [-0.2, 0) is 22.4 Å². The van der Waals surface area contributed by atoms with Gasteiger partial charge in [0.05, 0.1) is 18.0 Å². The fourth-order valence-corrected chi connectivity index (χ4v) is 7.61. The molecule has 3 aliphatic rings. The van der Waals surface area contributed by atoms with Crippen LogP contribution in [0, 0.1) is 11.3 Å². The van der Waals surface area contributed by atoms with E-state index in [2.05, 4.69) is 60.9 Å². The van der Waals surface area contributed by atoms with Crippen LogP contribution in [-0.4, -0.2) is 37.2 Å². The van der Waals surface area contributed by atoms with E-state index in [4.69, 9.17) is 9.72 Å². The highest BCUT2D eigenvalue weighted by molar-refractivity contribution is 5.93. The van der Waals surface area contributed by atoms with Crippen molar-refractivity contribution in [3.05, 3.63) is 58.8 Å². The minimum absolute atomic E-state index is 0.0616. The number of carbonyl (C=O) groups is 1. The van der Waals surface area contributed by atoms with Crippen molar-refractivity contribution in [3.63, 3.8) is 0 Å². The van der Waals surface area contributed by atoms with Gasteiger partial charge in [0.15, 0.2) is 0 Å². The van der Waals surface area contributed by atoms with Gasteiger partial charge >= 0.3 is 5.97 Å². The highest BCUT2D eigenvalue weighted by Crippen LogP contribution is 2.52. The number of benzene rings is 1. The van der Waals surface area contributed by atoms with E-state index >= 15 is 0 Å². The summed E-state index contributed by atoms with van der Waals surface area (Å²) in [6.07, 6.45) is 18.2. The molecule has 5 nitrogen and oxygen atoms in total. The highest BCUT2D eigenvalue weighted by Gasteiger charge is 2.51. The molecule has 2 aromatic rings. The van der Waals surface area contributed by atoms with Gasteiger partial charge in [0.25, 0.3) is 0 Å². The predicted octanol–water partition coefficient (Wildman–Crippen LogP) is 7.30. The molecule has 5 rings (SSSR count). The van der Waals surface area contributed by atoms with Gasteiger partial charge in [-0.3, -0.25) is 9.78 Å². The molecule has 0 radical (unpaired) electrons. The number of esters is 1. The van der Waals surface area contributed by atoms with Gasteiger partial charge in [-0.15, -0.1) is 0 Å². The first-order valence-electron chi connectivity index (χ1n) is 15.4. The fourth-order valence-electron chi connectivity index (χ4n) is 7.61. The zero-order valence-electron chi connectivity index (χ0n) is 24.3. The summed E-state index contributed by atoms with van der Waals surface area (Å²) in [5.41, 5.74) is 7.34. The van der Waals surface area contributed by atoms with Crippen molar-refractivity contribution in [1.29, 1.82) is 0 Å². The van der Waals surface area contributed by atoms with E-state index in [1.807, 2.05) is 0 Å². The van der Waals surface area contributed by atoms with Crippen molar-refractivity contribution >= 4 is 22.6 Å². The van der Waals surface area contributed by atoms with E-state index < -0.39 is 5.41 Å². The molecule has 0 amide bonds. The lowest BCUT2D eigenvalue weighted by molar-refractivity contribution is -0.152. The van der Waals surface area contributed by atoms with Gasteiger partial charge in [0, 0.05) is 35.3 Å². The van der Waals surface area contributed by atoms with Crippen molar-refractivity contribution in [3.8, 4) is 0 Å². The van der Waals surface area contributed by atoms with Gasteiger partial charge in [0.1, 0.15) is 0 Å². The number of fused-ring (bicyclic) bond motifs is 4. The topological polar surface area (TPSA) is 63.2 Å². The summed E-state index contributed by atoms with van der Waals surface area (Å²) < 4.78 is 5.32. The van der Waals surface area contributed by atoms with Crippen LogP contribution in [0.4, 0.5) is 5.69 Å². The molecule has 1 aromatic heterocycles. The summed E-state index contributed by atoms with van der Waals surface area (Å²) in [6, 6.07) is 8.96. The van der Waals surface area contributed by atoms with Crippen molar-refractivity contribution < 1.29 is 9.53 Å². The molecule has 2 unspecified atom stereocenters. The van der Waals surface area contributed by atoms with E-state index in [1.54, 1.807) is 0 Å². The number of nitrogens with zero attached hydrogens (tertiary/aromatic N) is 1. The van der Waals surface area contributed by atoms with Crippen molar-refractivity contribution in [1.82, 2.24) is 10.3 Å². The van der Waals surface area contributed by atoms with Gasteiger partial charge in [-0.05, 0) is 95.4 Å². The molecule has 1 heterocycles. The molecule has 1 saturated carbocycles. The molecule has 2 N–H and O–H groups in total. The number of anilines is 1. The zero-order chi connectivity index (χ0) is 27.2.